The number of nitrogens with zero attached hydrogens (tertiary/aromatic N) is 4. The van der Waals surface area contributed by atoms with E-state index in [0.717, 1.165) is 0 Å². The third kappa shape index (κ3) is 5.34. The number of nitro groups is 1. The lowest BCUT2D eigenvalue weighted by Crippen LogP contribution is -2.25. The smallest absolute Gasteiger partial charge is 0.295 e. The van der Waals surface area contributed by atoms with E-state index >= 15 is 0 Å². The third-order valence-corrected chi connectivity index (χ3v) is 4.04. The van der Waals surface area contributed by atoms with Crippen molar-refractivity contribution in [2.24, 2.45) is 0 Å². The van der Waals surface area contributed by atoms with E-state index in [1.807, 2.05) is 0 Å². The molecule has 0 radical (unpaired) electrons. The molecule has 0 aliphatic carbocycles. The van der Waals surface area contributed by atoms with Crippen molar-refractivity contribution < 1.29 is 18.8 Å². The quantitative estimate of drug-likeness (QED) is 0.336. The average molecular weight is 399 g/mol. The number of benzene rings is 2. The van der Waals surface area contributed by atoms with Crippen molar-refractivity contribution in [3.05, 3.63) is 76.6 Å². The van der Waals surface area contributed by atoms with E-state index in [-0.39, 0.29) is 22.8 Å². The molecule has 0 bridgehead atoms. The van der Waals surface area contributed by atoms with E-state index in [4.69, 9.17) is 4.74 Å². The molecule has 1 N–H and O–H groups in total. The lowest BCUT2D eigenvalue weighted by Gasteiger charge is -2.08. The minimum absolute atomic E-state index is 0.183. The maximum atomic E-state index is 12.8. The second-order valence-electron chi connectivity index (χ2n) is 6.07. The van der Waals surface area contributed by atoms with Crippen molar-refractivity contribution >= 4 is 11.6 Å². The van der Waals surface area contributed by atoms with Crippen LogP contribution in [0.4, 0.5) is 10.1 Å². The molecule has 0 saturated carbocycles. The van der Waals surface area contributed by atoms with Crippen LogP contribution in [0.15, 0.2) is 55.1 Å². The lowest BCUT2D eigenvalue weighted by atomic mass is 10.1. The molecule has 0 fully saturated rings. The van der Waals surface area contributed by atoms with Gasteiger partial charge in [0.25, 0.3) is 11.6 Å². The molecule has 0 aliphatic heterocycles. The van der Waals surface area contributed by atoms with Crippen LogP contribution in [0.1, 0.15) is 23.2 Å². The van der Waals surface area contributed by atoms with Gasteiger partial charge in [-0.3, -0.25) is 14.9 Å². The van der Waals surface area contributed by atoms with Crippen LogP contribution in [-0.2, 0) is 0 Å². The number of carbonyl (C=O) groups is 1. The Balaban J connectivity index is 1.48. The summed E-state index contributed by atoms with van der Waals surface area (Å²) in [5.74, 6) is -0.150. The second-order valence-corrected chi connectivity index (χ2v) is 6.07. The molecule has 0 spiro atoms. The van der Waals surface area contributed by atoms with E-state index in [1.54, 1.807) is 12.1 Å². The van der Waals surface area contributed by atoms with Gasteiger partial charge in [0.15, 0.2) is 0 Å². The van der Waals surface area contributed by atoms with Crippen LogP contribution >= 0.6 is 0 Å². The predicted octanol–water partition coefficient (Wildman–Crippen LogP) is 2.90. The second kappa shape index (κ2) is 9.40. The van der Waals surface area contributed by atoms with Crippen molar-refractivity contribution in [2.45, 2.75) is 12.8 Å². The molecule has 0 atom stereocenters. The van der Waals surface area contributed by atoms with Gasteiger partial charge in [-0.15, -0.1) is 0 Å². The van der Waals surface area contributed by atoms with Crippen LogP contribution in [0.5, 0.6) is 5.75 Å². The maximum Gasteiger partial charge on any atom is 0.295 e. The fourth-order valence-electron chi connectivity index (χ4n) is 2.59. The molecule has 1 heterocycles. The van der Waals surface area contributed by atoms with Crippen molar-refractivity contribution in [3.63, 3.8) is 0 Å². The highest BCUT2D eigenvalue weighted by Gasteiger charge is 2.19. The van der Waals surface area contributed by atoms with E-state index in [1.165, 1.54) is 47.7 Å². The molecule has 1 aromatic heterocycles. The van der Waals surface area contributed by atoms with Crippen LogP contribution in [-0.4, -0.2) is 38.7 Å². The van der Waals surface area contributed by atoms with Gasteiger partial charge < -0.3 is 10.1 Å². The molecule has 0 unspecified atom stereocenters. The van der Waals surface area contributed by atoms with Crippen molar-refractivity contribution in [1.82, 2.24) is 20.1 Å². The summed E-state index contributed by atoms with van der Waals surface area (Å²) < 4.78 is 19.6. The van der Waals surface area contributed by atoms with E-state index in [9.17, 15) is 19.3 Å². The zero-order chi connectivity index (χ0) is 20.6. The number of ether oxygens (including phenoxy) is 1. The molecule has 0 aliphatic rings. The van der Waals surface area contributed by atoms with Crippen LogP contribution in [0, 0.1) is 15.9 Å². The third-order valence-electron chi connectivity index (χ3n) is 4.04. The summed E-state index contributed by atoms with van der Waals surface area (Å²) in [7, 11) is 0. The Hall–Kier alpha value is -3.82. The lowest BCUT2D eigenvalue weighted by molar-refractivity contribution is -0.384. The maximum absolute atomic E-state index is 12.8. The summed E-state index contributed by atoms with van der Waals surface area (Å²) >= 11 is 0. The van der Waals surface area contributed by atoms with Crippen molar-refractivity contribution in [1.29, 1.82) is 0 Å². The standard InChI is InChI=1S/C19H18FN5O4/c20-15-4-6-16(7-5-15)29-10-2-1-9-22-19(26)14-3-8-17(18(11-14)25(27)28)24-13-21-12-23-24/h3-8,11-13H,1-2,9-10H2,(H,22,26). The SMILES string of the molecule is O=C(NCCCCOc1ccc(F)cc1)c1ccc(-n2cncn2)c([N+](=O)[O-])c1. The molecule has 0 saturated heterocycles. The Kier molecular flexibility index (Phi) is 6.46. The van der Waals surface area contributed by atoms with Gasteiger partial charge in [0, 0.05) is 18.2 Å². The molecule has 150 valence electrons. The number of amides is 1. The van der Waals surface area contributed by atoms with E-state index in [0.29, 0.717) is 31.7 Å². The summed E-state index contributed by atoms with van der Waals surface area (Å²) in [6.45, 7) is 0.823. The van der Waals surface area contributed by atoms with Gasteiger partial charge in [-0.25, -0.2) is 14.1 Å². The largest absolute Gasteiger partial charge is 0.494 e. The van der Waals surface area contributed by atoms with Crippen LogP contribution in [0.3, 0.4) is 0 Å². The van der Waals surface area contributed by atoms with Crippen LogP contribution in [0.25, 0.3) is 5.69 Å². The summed E-state index contributed by atoms with van der Waals surface area (Å²) in [5, 5.41) is 17.9. The number of halogens is 1. The number of hydrogen-bond donors (Lipinski definition) is 1. The molecule has 29 heavy (non-hydrogen) atoms. The first-order chi connectivity index (χ1) is 14.0. The van der Waals surface area contributed by atoms with Gasteiger partial charge in [0.2, 0.25) is 0 Å². The van der Waals surface area contributed by atoms with Crippen LogP contribution in [0.2, 0.25) is 0 Å². The van der Waals surface area contributed by atoms with Gasteiger partial charge in [-0.05, 0) is 49.2 Å². The molecule has 10 heteroatoms. The van der Waals surface area contributed by atoms with E-state index < -0.39 is 10.8 Å². The Bertz CT molecular complexity index is 977. The molecule has 2 aromatic carbocycles. The fraction of sp³-hybridized carbons (Fsp3) is 0.211. The van der Waals surface area contributed by atoms with Crippen molar-refractivity contribution in [3.8, 4) is 11.4 Å². The molecule has 1 amide bonds. The minimum Gasteiger partial charge on any atom is -0.494 e. The molecular weight excluding hydrogens is 381 g/mol. The van der Waals surface area contributed by atoms with Gasteiger partial charge in [-0.1, -0.05) is 0 Å². The number of unbranched alkanes of at least 4 members (excludes halogenated alkanes) is 1. The number of nitro benzene ring substituents is 1. The van der Waals surface area contributed by atoms with Gasteiger partial charge in [0.1, 0.15) is 29.9 Å². The van der Waals surface area contributed by atoms with Crippen LogP contribution < -0.4 is 10.1 Å². The minimum atomic E-state index is -0.569. The topological polar surface area (TPSA) is 112 Å². The summed E-state index contributed by atoms with van der Waals surface area (Å²) in [6.07, 6.45) is 3.95. The van der Waals surface area contributed by atoms with E-state index in [2.05, 4.69) is 15.4 Å². The molecule has 3 rings (SSSR count). The Morgan fingerprint density at radius 3 is 2.69 bits per heavy atom. The summed E-state index contributed by atoms with van der Waals surface area (Å²) in [4.78, 5) is 26.8. The number of aromatic nitrogens is 3. The Morgan fingerprint density at radius 2 is 2.00 bits per heavy atom. The highest BCUT2D eigenvalue weighted by atomic mass is 19.1. The Morgan fingerprint density at radius 1 is 1.21 bits per heavy atom. The first-order valence-corrected chi connectivity index (χ1v) is 8.84. The number of nitrogens with one attached hydrogen (secondary N) is 1. The fourth-order valence-corrected chi connectivity index (χ4v) is 2.59. The highest BCUT2D eigenvalue weighted by Crippen LogP contribution is 2.23. The number of hydrogen-bond acceptors (Lipinski definition) is 6. The van der Waals surface area contributed by atoms with Gasteiger partial charge >= 0.3 is 0 Å². The zero-order valence-electron chi connectivity index (χ0n) is 15.3. The summed E-state index contributed by atoms with van der Waals surface area (Å²) in [6, 6.07) is 9.91. The molecular formula is C19H18FN5O4. The average Bonchev–Trinajstić information content (AvgIpc) is 3.26. The monoisotopic (exact) mass is 399 g/mol. The molecule has 9 nitrogen and oxygen atoms in total. The summed E-state index contributed by atoms with van der Waals surface area (Å²) in [5.41, 5.74) is 0.168. The van der Waals surface area contributed by atoms with Gasteiger partial charge in [-0.2, -0.15) is 5.10 Å². The molecule has 3 aromatic rings. The Labute approximate surface area is 165 Å². The first-order valence-electron chi connectivity index (χ1n) is 8.84. The van der Waals surface area contributed by atoms with Gasteiger partial charge in [0.05, 0.1) is 11.5 Å². The number of rotatable bonds is 9. The normalized spacial score (nSPS) is 10.5. The first kappa shape index (κ1) is 19.9. The predicted molar refractivity (Wildman–Crippen MR) is 101 cm³/mol. The van der Waals surface area contributed by atoms with Crippen molar-refractivity contribution in [2.75, 3.05) is 13.2 Å². The number of carbonyl (C=O) groups excluding carboxylic acids is 1. The zero-order valence-corrected chi connectivity index (χ0v) is 15.3. The highest BCUT2D eigenvalue weighted by molar-refractivity contribution is 5.95.